The molecule has 1 fully saturated rings. The maximum Gasteiger partial charge on any atom is 0.331 e. The van der Waals surface area contributed by atoms with Crippen molar-refractivity contribution in [2.45, 2.75) is 96.1 Å². The van der Waals surface area contributed by atoms with E-state index in [1.54, 1.807) is 0 Å². The van der Waals surface area contributed by atoms with E-state index in [0.29, 0.717) is 26.2 Å². The Bertz CT molecular complexity index is 1230. The fourth-order valence-electron chi connectivity index (χ4n) is 5.02. The van der Waals surface area contributed by atoms with Gasteiger partial charge in [0.1, 0.15) is 18.3 Å². The molecule has 1 aliphatic rings. The molecule has 0 N–H and O–H groups in total. The van der Waals surface area contributed by atoms with Crippen LogP contribution in [-0.2, 0) is 52.4 Å². The average Bonchev–Trinajstić information content (AvgIpc) is 2.98. The summed E-state index contributed by atoms with van der Waals surface area (Å²) in [5, 5.41) is 0. The van der Waals surface area contributed by atoms with Gasteiger partial charge in [-0.05, 0) is 50.8 Å². The molecule has 0 bridgehead atoms. The molecule has 234 valence electrons. The topological polar surface area (TPSA) is 72.5 Å². The predicted octanol–water partition coefficient (Wildman–Crippen LogP) is 8.14. The van der Waals surface area contributed by atoms with E-state index in [0.717, 1.165) is 16.7 Å². The van der Waals surface area contributed by atoms with Crippen molar-refractivity contribution in [3.63, 3.8) is 0 Å². The Labute approximate surface area is 261 Å². The average molecular weight is 631 g/mol. The normalized spacial score (nSPS) is 22.7. The predicted molar refractivity (Wildman–Crippen MR) is 169 cm³/mol. The van der Waals surface area contributed by atoms with E-state index in [9.17, 15) is 4.57 Å². The van der Waals surface area contributed by atoms with Gasteiger partial charge in [0.2, 0.25) is 0 Å². The summed E-state index contributed by atoms with van der Waals surface area (Å²) >= 11 is 6.91. The molecule has 0 radical (unpaired) electrons. The van der Waals surface area contributed by atoms with Crippen LogP contribution < -0.4 is 0 Å². The van der Waals surface area contributed by atoms with Crippen LogP contribution in [0.3, 0.4) is 0 Å². The van der Waals surface area contributed by atoms with Crippen LogP contribution in [-0.4, -0.2) is 48.3 Å². The summed E-state index contributed by atoms with van der Waals surface area (Å²) < 4.78 is 51.3. The van der Waals surface area contributed by atoms with Gasteiger partial charge in [-0.25, -0.2) is 0 Å². The Kier molecular flexibility index (Phi) is 13.3. The molecule has 0 aliphatic carbocycles. The molecule has 3 aromatic rings. The molecule has 1 unspecified atom stereocenters. The Hall–Kier alpha value is -2.06. The van der Waals surface area contributed by atoms with E-state index < -0.39 is 37.6 Å². The molecule has 1 saturated heterocycles. The number of ether oxygens (including phenoxy) is 4. The van der Waals surface area contributed by atoms with Crippen molar-refractivity contribution in [1.82, 2.24) is 0 Å². The fourth-order valence-corrected chi connectivity index (χ4v) is 7.49. The third-order valence-corrected chi connectivity index (χ3v) is 9.51. The van der Waals surface area contributed by atoms with Crippen LogP contribution in [0.5, 0.6) is 0 Å². The van der Waals surface area contributed by atoms with Crippen LogP contribution in [0.2, 0.25) is 0 Å². The van der Waals surface area contributed by atoms with Gasteiger partial charge in [-0.3, -0.25) is 4.57 Å². The second-order valence-corrected chi connectivity index (χ2v) is 13.8. The number of hydrogen-bond acceptors (Lipinski definition) is 7. The molecule has 43 heavy (non-hydrogen) atoms. The molecular weight excluding hydrogens is 587 g/mol. The molecule has 7 nitrogen and oxygen atoms in total. The standard InChI is InChI=1S/C34H44ClO7P/c1-25(2)41-43(36,42-26(3)4)21-20-30-31(37-22-27-14-8-5-9-15-27)32(38-23-28-16-10-6-11-17-28)33(34(35)40-30)39-24-29-18-12-7-13-19-29/h5-19,25-26,30-34H,20-24H2,1-4H3/t30-,31-,32+,33+,34?/m1/s1. The van der Waals surface area contributed by atoms with Gasteiger partial charge >= 0.3 is 7.60 Å². The summed E-state index contributed by atoms with van der Waals surface area (Å²) in [6.45, 7) is 8.37. The molecule has 0 aromatic heterocycles. The first-order valence-electron chi connectivity index (χ1n) is 14.9. The minimum Gasteiger partial charge on any atom is -0.368 e. The van der Waals surface area contributed by atoms with Gasteiger partial charge in [0.15, 0.2) is 5.56 Å². The summed E-state index contributed by atoms with van der Waals surface area (Å²) in [6.07, 6.45) is -2.39. The Balaban J connectivity index is 1.60. The molecule has 0 spiro atoms. The summed E-state index contributed by atoms with van der Waals surface area (Å²) in [6, 6.07) is 29.8. The van der Waals surface area contributed by atoms with E-state index >= 15 is 0 Å². The number of hydrogen-bond donors (Lipinski definition) is 0. The third-order valence-electron chi connectivity index (χ3n) is 6.86. The first-order chi connectivity index (χ1) is 20.7. The van der Waals surface area contributed by atoms with Crippen molar-refractivity contribution in [2.24, 2.45) is 0 Å². The lowest BCUT2D eigenvalue weighted by Crippen LogP contribution is -2.58. The van der Waals surface area contributed by atoms with Gasteiger partial charge in [-0.2, -0.15) is 0 Å². The van der Waals surface area contributed by atoms with Gasteiger partial charge in [-0.1, -0.05) is 103 Å². The molecule has 4 rings (SSSR count). The highest BCUT2D eigenvalue weighted by Crippen LogP contribution is 2.52. The van der Waals surface area contributed by atoms with Crippen molar-refractivity contribution in [2.75, 3.05) is 6.16 Å². The lowest BCUT2D eigenvalue weighted by Gasteiger charge is -2.44. The highest BCUT2D eigenvalue weighted by molar-refractivity contribution is 7.53. The second-order valence-electron chi connectivity index (χ2n) is 11.2. The van der Waals surface area contributed by atoms with Gasteiger partial charge < -0.3 is 28.0 Å². The van der Waals surface area contributed by atoms with Crippen LogP contribution >= 0.6 is 19.2 Å². The highest BCUT2D eigenvalue weighted by atomic mass is 35.5. The summed E-state index contributed by atoms with van der Waals surface area (Å²) in [4.78, 5) is 0. The summed E-state index contributed by atoms with van der Waals surface area (Å²) in [5.41, 5.74) is 2.20. The number of rotatable bonds is 16. The van der Waals surface area contributed by atoms with Crippen molar-refractivity contribution in [3.8, 4) is 0 Å². The fraction of sp³-hybridized carbons (Fsp3) is 0.471. The summed E-state index contributed by atoms with van der Waals surface area (Å²) in [7, 11) is -3.42. The smallest absolute Gasteiger partial charge is 0.331 e. The van der Waals surface area contributed by atoms with Crippen molar-refractivity contribution >= 4 is 19.2 Å². The van der Waals surface area contributed by atoms with Gasteiger partial charge in [0.25, 0.3) is 0 Å². The minimum absolute atomic E-state index is 0.143. The van der Waals surface area contributed by atoms with Crippen LogP contribution in [0.4, 0.5) is 0 Å². The van der Waals surface area contributed by atoms with E-state index in [2.05, 4.69) is 0 Å². The zero-order valence-corrected chi connectivity index (χ0v) is 27.1. The Morgan fingerprint density at radius 1 is 0.651 bits per heavy atom. The van der Waals surface area contributed by atoms with Crippen LogP contribution in [0.15, 0.2) is 91.0 Å². The van der Waals surface area contributed by atoms with Gasteiger partial charge in [0, 0.05) is 0 Å². The lowest BCUT2D eigenvalue weighted by molar-refractivity contribution is -0.248. The second kappa shape index (κ2) is 16.9. The molecule has 3 aromatic carbocycles. The van der Waals surface area contributed by atoms with Crippen molar-refractivity contribution in [1.29, 1.82) is 0 Å². The van der Waals surface area contributed by atoms with E-state index in [4.69, 9.17) is 39.6 Å². The zero-order valence-electron chi connectivity index (χ0n) is 25.4. The maximum atomic E-state index is 13.7. The molecule has 1 aliphatic heterocycles. The minimum atomic E-state index is -3.42. The third kappa shape index (κ3) is 10.8. The first kappa shape index (κ1) is 33.8. The number of halogens is 1. The number of benzene rings is 3. The van der Waals surface area contributed by atoms with Crippen LogP contribution in [0.1, 0.15) is 50.8 Å². The molecule has 0 amide bonds. The monoisotopic (exact) mass is 630 g/mol. The van der Waals surface area contributed by atoms with Crippen molar-refractivity contribution in [3.05, 3.63) is 108 Å². The zero-order chi connectivity index (χ0) is 30.7. The largest absolute Gasteiger partial charge is 0.368 e. The van der Waals surface area contributed by atoms with Crippen molar-refractivity contribution < 1.29 is 32.6 Å². The quantitative estimate of drug-likeness (QED) is 0.117. The van der Waals surface area contributed by atoms with Gasteiger partial charge in [0.05, 0.1) is 44.3 Å². The Morgan fingerprint density at radius 3 is 1.47 bits per heavy atom. The molecule has 5 atom stereocenters. The first-order valence-corrected chi connectivity index (χ1v) is 17.1. The van der Waals surface area contributed by atoms with Crippen LogP contribution in [0.25, 0.3) is 0 Å². The molecule has 1 heterocycles. The van der Waals surface area contributed by atoms with E-state index in [-0.39, 0.29) is 18.4 Å². The SMILES string of the molecule is CC(C)OP(=O)(CC[C@H]1OC(Cl)[C@@H](OCc2ccccc2)[C@@H](OCc2ccccc2)[C@@H]1OCc1ccccc1)OC(C)C. The summed E-state index contributed by atoms with van der Waals surface area (Å²) in [5.74, 6) is 0. The van der Waals surface area contributed by atoms with E-state index in [1.165, 1.54) is 0 Å². The van der Waals surface area contributed by atoms with Crippen LogP contribution in [0, 0.1) is 0 Å². The molecule has 9 heteroatoms. The maximum absolute atomic E-state index is 13.7. The Morgan fingerprint density at radius 2 is 1.05 bits per heavy atom. The van der Waals surface area contributed by atoms with Gasteiger partial charge in [-0.15, -0.1) is 0 Å². The lowest BCUT2D eigenvalue weighted by atomic mass is 9.97. The molecule has 0 saturated carbocycles. The molecular formula is C34H44ClO7P. The highest BCUT2D eigenvalue weighted by Gasteiger charge is 2.48. The number of alkyl halides is 1. The van der Waals surface area contributed by atoms with E-state index in [1.807, 2.05) is 119 Å².